The van der Waals surface area contributed by atoms with Gasteiger partial charge in [-0.2, -0.15) is 0 Å². The Balaban J connectivity index is 2.08. The SMILES string of the molecule is CCOC(=O)Nc1cccc(C(=O)Nc2cccc(C)c2)c1. The number of anilines is 2. The van der Waals surface area contributed by atoms with Crippen molar-refractivity contribution in [3.05, 3.63) is 59.7 Å². The summed E-state index contributed by atoms with van der Waals surface area (Å²) in [6.45, 7) is 3.98. The van der Waals surface area contributed by atoms with E-state index < -0.39 is 6.09 Å². The second-order valence-electron chi connectivity index (χ2n) is 4.75. The van der Waals surface area contributed by atoms with E-state index in [0.717, 1.165) is 11.3 Å². The van der Waals surface area contributed by atoms with Gasteiger partial charge >= 0.3 is 6.09 Å². The topological polar surface area (TPSA) is 67.4 Å². The van der Waals surface area contributed by atoms with Gasteiger partial charge < -0.3 is 10.1 Å². The number of rotatable bonds is 4. The van der Waals surface area contributed by atoms with Gasteiger partial charge in [-0.1, -0.05) is 18.2 Å². The van der Waals surface area contributed by atoms with E-state index in [9.17, 15) is 9.59 Å². The maximum Gasteiger partial charge on any atom is 0.411 e. The fourth-order valence-electron chi connectivity index (χ4n) is 1.95. The molecule has 0 fully saturated rings. The van der Waals surface area contributed by atoms with Crippen LogP contribution in [-0.4, -0.2) is 18.6 Å². The first-order chi connectivity index (χ1) is 10.6. The molecule has 5 nitrogen and oxygen atoms in total. The van der Waals surface area contributed by atoms with Crippen LogP contribution in [0.5, 0.6) is 0 Å². The highest BCUT2D eigenvalue weighted by Gasteiger charge is 2.08. The first kappa shape index (κ1) is 15.6. The molecule has 0 aliphatic rings. The van der Waals surface area contributed by atoms with Gasteiger partial charge in [-0.05, 0) is 49.7 Å². The number of hydrogen-bond acceptors (Lipinski definition) is 3. The predicted molar refractivity (Wildman–Crippen MR) is 86.2 cm³/mol. The molecule has 0 saturated heterocycles. The van der Waals surface area contributed by atoms with E-state index in [1.54, 1.807) is 31.2 Å². The van der Waals surface area contributed by atoms with Crippen molar-refractivity contribution in [3.8, 4) is 0 Å². The van der Waals surface area contributed by atoms with Crippen LogP contribution in [0.4, 0.5) is 16.2 Å². The zero-order valence-electron chi connectivity index (χ0n) is 12.6. The van der Waals surface area contributed by atoms with Gasteiger partial charge in [-0.15, -0.1) is 0 Å². The summed E-state index contributed by atoms with van der Waals surface area (Å²) in [5.74, 6) is -0.238. The summed E-state index contributed by atoms with van der Waals surface area (Å²) in [4.78, 5) is 23.6. The quantitative estimate of drug-likeness (QED) is 0.901. The molecule has 0 aliphatic heterocycles. The largest absolute Gasteiger partial charge is 0.450 e. The van der Waals surface area contributed by atoms with Crippen LogP contribution in [0.15, 0.2) is 48.5 Å². The van der Waals surface area contributed by atoms with Crippen molar-refractivity contribution in [2.24, 2.45) is 0 Å². The zero-order valence-corrected chi connectivity index (χ0v) is 12.6. The molecule has 0 saturated carbocycles. The molecular formula is C17H18N2O3. The summed E-state index contributed by atoms with van der Waals surface area (Å²) in [6, 6.07) is 14.2. The minimum atomic E-state index is -0.543. The molecule has 2 aromatic rings. The standard InChI is InChI=1S/C17H18N2O3/c1-3-22-17(21)19-15-9-5-7-13(11-15)16(20)18-14-8-4-6-12(2)10-14/h4-11H,3H2,1-2H3,(H,18,20)(H,19,21). The van der Waals surface area contributed by atoms with Crippen LogP contribution in [0, 0.1) is 6.92 Å². The Morgan fingerprint density at radius 2 is 1.68 bits per heavy atom. The van der Waals surface area contributed by atoms with Crippen molar-refractivity contribution in [2.45, 2.75) is 13.8 Å². The van der Waals surface area contributed by atoms with Gasteiger partial charge in [0.15, 0.2) is 0 Å². The molecule has 0 bridgehead atoms. The summed E-state index contributed by atoms with van der Waals surface area (Å²) in [6.07, 6.45) is -0.543. The summed E-state index contributed by atoms with van der Waals surface area (Å²) in [7, 11) is 0. The van der Waals surface area contributed by atoms with Crippen LogP contribution in [-0.2, 0) is 4.74 Å². The van der Waals surface area contributed by atoms with E-state index in [4.69, 9.17) is 4.74 Å². The van der Waals surface area contributed by atoms with Gasteiger partial charge in [0, 0.05) is 16.9 Å². The lowest BCUT2D eigenvalue weighted by atomic mass is 10.1. The minimum absolute atomic E-state index is 0.238. The number of amides is 2. The Morgan fingerprint density at radius 3 is 2.36 bits per heavy atom. The molecule has 0 radical (unpaired) electrons. The first-order valence-corrected chi connectivity index (χ1v) is 7.00. The lowest BCUT2D eigenvalue weighted by Gasteiger charge is -2.08. The number of nitrogens with one attached hydrogen (secondary N) is 2. The van der Waals surface area contributed by atoms with E-state index in [1.165, 1.54) is 0 Å². The van der Waals surface area contributed by atoms with Crippen molar-refractivity contribution >= 4 is 23.4 Å². The van der Waals surface area contributed by atoms with Crippen molar-refractivity contribution in [1.29, 1.82) is 0 Å². The molecule has 2 N–H and O–H groups in total. The lowest BCUT2D eigenvalue weighted by Crippen LogP contribution is -2.15. The maximum absolute atomic E-state index is 12.2. The van der Waals surface area contributed by atoms with Crippen LogP contribution in [0.3, 0.4) is 0 Å². The van der Waals surface area contributed by atoms with Crippen molar-refractivity contribution < 1.29 is 14.3 Å². The Bertz CT molecular complexity index is 683. The van der Waals surface area contributed by atoms with E-state index in [-0.39, 0.29) is 5.91 Å². The van der Waals surface area contributed by atoms with Gasteiger partial charge in [0.25, 0.3) is 5.91 Å². The molecule has 114 valence electrons. The normalized spacial score (nSPS) is 9.91. The molecule has 2 aromatic carbocycles. The second kappa shape index (κ2) is 7.26. The fourth-order valence-corrected chi connectivity index (χ4v) is 1.95. The van der Waals surface area contributed by atoms with E-state index in [1.807, 2.05) is 31.2 Å². The van der Waals surface area contributed by atoms with Gasteiger partial charge in [0.05, 0.1) is 6.61 Å². The monoisotopic (exact) mass is 298 g/mol. The average molecular weight is 298 g/mol. The molecule has 2 rings (SSSR count). The molecular weight excluding hydrogens is 280 g/mol. The third kappa shape index (κ3) is 4.34. The lowest BCUT2D eigenvalue weighted by molar-refractivity contribution is 0.102. The number of ether oxygens (including phenoxy) is 1. The van der Waals surface area contributed by atoms with Gasteiger partial charge in [0.2, 0.25) is 0 Å². The van der Waals surface area contributed by atoms with Crippen molar-refractivity contribution in [3.63, 3.8) is 0 Å². The Labute approximate surface area is 129 Å². The van der Waals surface area contributed by atoms with Crippen LogP contribution < -0.4 is 10.6 Å². The molecule has 0 spiro atoms. The minimum Gasteiger partial charge on any atom is -0.450 e. The highest BCUT2D eigenvalue weighted by molar-refractivity contribution is 6.05. The molecule has 5 heteroatoms. The van der Waals surface area contributed by atoms with Crippen LogP contribution in [0.1, 0.15) is 22.8 Å². The Kier molecular flexibility index (Phi) is 5.14. The van der Waals surface area contributed by atoms with Crippen LogP contribution in [0.25, 0.3) is 0 Å². The maximum atomic E-state index is 12.2. The highest BCUT2D eigenvalue weighted by atomic mass is 16.5. The third-order valence-electron chi connectivity index (χ3n) is 2.92. The van der Waals surface area contributed by atoms with Crippen molar-refractivity contribution in [2.75, 3.05) is 17.2 Å². The summed E-state index contributed by atoms with van der Waals surface area (Å²) < 4.78 is 4.80. The third-order valence-corrected chi connectivity index (χ3v) is 2.92. The molecule has 0 atom stereocenters. The Hall–Kier alpha value is -2.82. The number of carbonyl (C=O) groups is 2. The number of aryl methyl sites for hydroxylation is 1. The smallest absolute Gasteiger partial charge is 0.411 e. The number of carbonyl (C=O) groups excluding carboxylic acids is 2. The molecule has 0 unspecified atom stereocenters. The molecule has 0 aromatic heterocycles. The average Bonchev–Trinajstić information content (AvgIpc) is 2.47. The van der Waals surface area contributed by atoms with Crippen LogP contribution in [0.2, 0.25) is 0 Å². The second-order valence-corrected chi connectivity index (χ2v) is 4.75. The Morgan fingerprint density at radius 1 is 1.00 bits per heavy atom. The fraction of sp³-hybridized carbons (Fsp3) is 0.176. The summed E-state index contributed by atoms with van der Waals surface area (Å²) in [5.41, 5.74) is 2.76. The van der Waals surface area contributed by atoms with Gasteiger partial charge in [0.1, 0.15) is 0 Å². The number of benzene rings is 2. The molecule has 2 amide bonds. The van der Waals surface area contributed by atoms with E-state index in [2.05, 4.69) is 10.6 Å². The van der Waals surface area contributed by atoms with Gasteiger partial charge in [-0.25, -0.2) is 4.79 Å². The van der Waals surface area contributed by atoms with Crippen molar-refractivity contribution in [1.82, 2.24) is 0 Å². The molecule has 0 heterocycles. The zero-order chi connectivity index (χ0) is 15.9. The predicted octanol–water partition coefficient (Wildman–Crippen LogP) is 3.82. The number of hydrogen-bond donors (Lipinski definition) is 2. The van der Waals surface area contributed by atoms with E-state index in [0.29, 0.717) is 17.9 Å². The highest BCUT2D eigenvalue weighted by Crippen LogP contribution is 2.15. The van der Waals surface area contributed by atoms with E-state index >= 15 is 0 Å². The summed E-state index contributed by atoms with van der Waals surface area (Å²) >= 11 is 0. The summed E-state index contributed by atoms with van der Waals surface area (Å²) in [5, 5.41) is 5.39. The van der Waals surface area contributed by atoms with Gasteiger partial charge in [-0.3, -0.25) is 10.1 Å². The molecule has 22 heavy (non-hydrogen) atoms. The first-order valence-electron chi connectivity index (χ1n) is 7.00. The molecule has 0 aliphatic carbocycles. The van der Waals surface area contributed by atoms with Crippen LogP contribution >= 0.6 is 0 Å².